The molecule has 12 rings (SSSR count). The van der Waals surface area contributed by atoms with Gasteiger partial charge in [0.15, 0.2) is 0 Å². The summed E-state index contributed by atoms with van der Waals surface area (Å²) in [6.45, 7) is 3.81. The third-order valence-electron chi connectivity index (χ3n) is 13.8. The Morgan fingerprint density at radius 2 is 1.11 bits per heavy atom. The van der Waals surface area contributed by atoms with E-state index in [1.807, 2.05) is 123 Å². The number of para-hydroxylation sites is 2. The van der Waals surface area contributed by atoms with E-state index in [2.05, 4.69) is 103 Å². The van der Waals surface area contributed by atoms with Gasteiger partial charge >= 0.3 is 0 Å². The predicted octanol–water partition coefficient (Wildman–Crippen LogP) is 17.2. The molecule has 0 fully saturated rings. The van der Waals surface area contributed by atoms with Crippen LogP contribution >= 0.6 is 0 Å². The van der Waals surface area contributed by atoms with Gasteiger partial charge in [0.25, 0.3) is 0 Å². The van der Waals surface area contributed by atoms with E-state index in [1.54, 1.807) is 6.20 Å². The molecular formula is C65H56N5OPt-3. The maximum atomic E-state index is 8.77. The van der Waals surface area contributed by atoms with Crippen LogP contribution in [0.3, 0.4) is 0 Å². The quantitative estimate of drug-likeness (QED) is 0.161. The largest absolute Gasteiger partial charge is 0.509 e. The van der Waals surface area contributed by atoms with Crippen LogP contribution in [0.4, 0.5) is 11.4 Å². The molecule has 1 aliphatic rings. The van der Waals surface area contributed by atoms with E-state index in [9.17, 15) is 0 Å². The van der Waals surface area contributed by atoms with E-state index in [1.165, 1.54) is 12.1 Å². The Kier molecular flexibility index (Phi) is 9.05. The molecule has 0 radical (unpaired) electrons. The van der Waals surface area contributed by atoms with E-state index in [0.717, 1.165) is 76.7 Å². The minimum atomic E-state index is -3.49. The molecule has 11 aromatic rings. The summed E-state index contributed by atoms with van der Waals surface area (Å²) < 4.78 is 89.9. The van der Waals surface area contributed by atoms with Crippen molar-refractivity contribution in [3.63, 3.8) is 0 Å². The fourth-order valence-electron chi connectivity index (χ4n) is 10.2. The van der Waals surface area contributed by atoms with Gasteiger partial charge in [0.2, 0.25) is 0 Å². The zero-order chi connectivity index (χ0) is 56.5. The van der Waals surface area contributed by atoms with Gasteiger partial charge in [0.1, 0.15) is 5.82 Å². The van der Waals surface area contributed by atoms with Crippen molar-refractivity contribution in [1.29, 1.82) is 0 Å². The van der Waals surface area contributed by atoms with Crippen LogP contribution in [0.15, 0.2) is 170 Å². The van der Waals surface area contributed by atoms with Gasteiger partial charge in [0.05, 0.1) is 0 Å². The zero-order valence-electron chi connectivity index (χ0n) is 49.7. The summed E-state index contributed by atoms with van der Waals surface area (Å²) in [4.78, 5) is 12.0. The summed E-state index contributed by atoms with van der Waals surface area (Å²) >= 11 is 0. The average molecular weight is 1130 g/mol. The minimum Gasteiger partial charge on any atom is -0.509 e. The van der Waals surface area contributed by atoms with Crippen molar-refractivity contribution >= 4 is 76.5 Å². The van der Waals surface area contributed by atoms with Crippen LogP contribution in [-0.4, -0.2) is 19.1 Å². The first-order valence-electron chi connectivity index (χ1n) is 28.4. The van der Waals surface area contributed by atoms with Crippen LogP contribution < -0.4 is 9.64 Å². The Morgan fingerprint density at radius 1 is 0.514 bits per heavy atom. The maximum Gasteiger partial charge on any atom is 0.135 e. The van der Waals surface area contributed by atoms with Gasteiger partial charge in [-0.1, -0.05) is 170 Å². The van der Waals surface area contributed by atoms with Gasteiger partial charge < -0.3 is 18.8 Å². The third kappa shape index (κ3) is 7.97. The molecule has 0 unspecified atom stereocenters. The number of nitrogens with zero attached hydrogens (tertiary/aromatic N) is 5. The van der Waals surface area contributed by atoms with Gasteiger partial charge in [-0.3, -0.25) is 4.98 Å². The molecule has 360 valence electrons. The monoisotopic (exact) mass is 1130 g/mol. The molecule has 0 aliphatic carbocycles. The van der Waals surface area contributed by atoms with Crippen molar-refractivity contribution < 1.29 is 38.1 Å². The van der Waals surface area contributed by atoms with Gasteiger partial charge in [-0.25, -0.2) is 4.98 Å². The summed E-state index contributed by atoms with van der Waals surface area (Å²) in [5.74, 6) is 1.70. The Labute approximate surface area is 449 Å². The fourth-order valence-corrected chi connectivity index (χ4v) is 10.2. The van der Waals surface area contributed by atoms with Crippen LogP contribution in [-0.2, 0) is 37.3 Å². The predicted molar refractivity (Wildman–Crippen MR) is 296 cm³/mol. The number of fused-ring (bicyclic) bond motifs is 10. The molecule has 7 aromatic carbocycles. The van der Waals surface area contributed by atoms with E-state index in [-0.39, 0.29) is 32.0 Å². The molecule has 0 N–H and O–H groups in total. The van der Waals surface area contributed by atoms with E-state index in [4.69, 9.17) is 27.0 Å². The van der Waals surface area contributed by atoms with Crippen LogP contribution in [0.5, 0.6) is 11.5 Å². The standard InChI is InChI=1S/C65H56N5O.Pt/c1-63(2,3)42-30-32-66-59(37-42)70-56-26-15-14-24-52(56)53-29-28-47(39-58(53)70)71-46-19-16-18-45(38-46)68-40-69-61-54(25-17-27-57(61)68)50-22-12-10-20-48(50)49-21-11-13-23-51(49)55-31-33-67-60(62(55)69)41-34-43(64(4,5)6)36-44(35-41)65(7,8)9;/h10-37,40H,1-9H3;/q-3;/i4D3,5D3,6D3;. The molecule has 4 aromatic heterocycles. The topological polar surface area (TPSA) is 48.1 Å². The van der Waals surface area contributed by atoms with Crippen molar-refractivity contribution in [1.82, 2.24) is 19.1 Å². The Hall–Kier alpha value is -7.40. The second-order valence-electron chi connectivity index (χ2n) is 20.6. The molecule has 0 amide bonds. The molecule has 0 bridgehead atoms. The number of hydrogen-bond donors (Lipinski definition) is 0. The molecule has 6 nitrogen and oxygen atoms in total. The number of anilines is 2. The number of pyridine rings is 2. The van der Waals surface area contributed by atoms with Crippen molar-refractivity contribution in [2.75, 3.05) is 4.90 Å². The smallest absolute Gasteiger partial charge is 0.135 e. The molecule has 1 aliphatic heterocycles. The summed E-state index contributed by atoms with van der Waals surface area (Å²) in [7, 11) is 0. The number of rotatable bonds is 5. The van der Waals surface area contributed by atoms with Gasteiger partial charge in [0, 0.05) is 74.2 Å². The third-order valence-corrected chi connectivity index (χ3v) is 13.8. The van der Waals surface area contributed by atoms with E-state index in [0.29, 0.717) is 39.5 Å². The molecule has 7 heteroatoms. The summed E-state index contributed by atoms with van der Waals surface area (Å²) in [6, 6.07) is 58.5. The Bertz CT molecular complexity index is 4350. The first kappa shape index (κ1) is 37.4. The minimum absolute atomic E-state index is 0. The summed E-state index contributed by atoms with van der Waals surface area (Å²) in [5.41, 5.74) is 2.64. The van der Waals surface area contributed by atoms with E-state index < -0.39 is 31.4 Å². The van der Waals surface area contributed by atoms with Gasteiger partial charge in [-0.05, 0) is 124 Å². The fraction of sp³-hybridized carbons (Fsp3) is 0.185. The first-order valence-corrected chi connectivity index (χ1v) is 23.9. The van der Waals surface area contributed by atoms with Crippen molar-refractivity contribution in [3.8, 4) is 28.6 Å². The van der Waals surface area contributed by atoms with Crippen LogP contribution in [0.2, 0.25) is 0 Å². The second kappa shape index (κ2) is 17.4. The second-order valence-corrected chi connectivity index (χ2v) is 20.6. The van der Waals surface area contributed by atoms with Crippen LogP contribution in [0.1, 0.15) is 91.1 Å². The first-order chi connectivity index (χ1) is 37.8. The SMILES string of the molecule is [2H]C([2H])([2H])C(c1cc(-c2nccc3c4ccccc4c4ccccc4c4cccc5c4n(c23)[CH-]N5c2[c-]c(Oc3[c-]c4c(cc3)c3ccccc3n4-c3cc(C(C)(C)C)ccn3)ccc2)cc(C(C)(C)C)c1)(C([2H])([2H])[2H])C([2H])([2H])[2H].[Pt]. The Morgan fingerprint density at radius 3 is 1.81 bits per heavy atom. The number of ether oxygens (including phenoxy) is 1. The zero-order valence-corrected chi connectivity index (χ0v) is 43.0. The molecule has 0 spiro atoms. The van der Waals surface area contributed by atoms with Gasteiger partial charge in [-0.2, -0.15) is 12.1 Å². The summed E-state index contributed by atoms with van der Waals surface area (Å²) in [5, 5.41) is 7.53. The van der Waals surface area contributed by atoms with Crippen molar-refractivity contribution in [2.45, 2.75) is 78.3 Å². The molecule has 0 atom stereocenters. The normalized spacial score (nSPS) is 15.1. The van der Waals surface area contributed by atoms with Crippen LogP contribution in [0.25, 0.3) is 82.2 Å². The Balaban J connectivity index is 0.00000690. The molecular weight excluding hydrogens is 1060 g/mol. The van der Waals surface area contributed by atoms with E-state index >= 15 is 0 Å². The molecule has 72 heavy (non-hydrogen) atoms. The number of benzene rings is 7. The van der Waals surface area contributed by atoms with Crippen molar-refractivity contribution in [2.24, 2.45) is 0 Å². The summed E-state index contributed by atoms with van der Waals surface area (Å²) in [6.07, 6.45) is 3.54. The van der Waals surface area contributed by atoms with Crippen LogP contribution in [0, 0.1) is 18.8 Å². The number of aromatic nitrogens is 4. The average Bonchev–Trinajstić information content (AvgIpc) is 4.19. The van der Waals surface area contributed by atoms with Gasteiger partial charge in [-0.15, -0.1) is 35.7 Å². The molecule has 0 saturated heterocycles. The number of hydrogen-bond acceptors (Lipinski definition) is 4. The molecule has 5 heterocycles. The maximum absolute atomic E-state index is 8.77. The molecule has 0 saturated carbocycles. The van der Waals surface area contributed by atoms with Crippen molar-refractivity contribution in [3.05, 3.63) is 206 Å².